The zero-order valence-corrected chi connectivity index (χ0v) is 8.73. The molecule has 1 heterocycles. The molecular formula is C9H7BrFNO2. The lowest BCUT2D eigenvalue weighted by Crippen LogP contribution is -2.24. The van der Waals surface area contributed by atoms with Crippen molar-refractivity contribution in [3.8, 4) is 5.75 Å². The minimum atomic E-state index is -0.528. The minimum Gasteiger partial charge on any atom is -0.488 e. The van der Waals surface area contributed by atoms with E-state index >= 15 is 0 Å². The maximum Gasteiger partial charge on any atom is 0.255 e. The molecule has 0 radical (unpaired) electrons. The van der Waals surface area contributed by atoms with Crippen LogP contribution in [0.25, 0.3) is 0 Å². The molecule has 1 N–H and O–H groups in total. The van der Waals surface area contributed by atoms with Crippen molar-refractivity contribution in [1.82, 2.24) is 5.32 Å². The number of nitrogens with one attached hydrogen (secondary N) is 1. The second-order valence-electron chi connectivity index (χ2n) is 2.84. The topological polar surface area (TPSA) is 38.3 Å². The summed E-state index contributed by atoms with van der Waals surface area (Å²) in [5.41, 5.74) is 0.239. The van der Waals surface area contributed by atoms with E-state index in [-0.39, 0.29) is 23.8 Å². The highest BCUT2D eigenvalue weighted by atomic mass is 79.9. The number of amides is 1. The molecule has 0 spiro atoms. The predicted octanol–water partition coefficient (Wildman–Crippen LogP) is 1.71. The van der Waals surface area contributed by atoms with Gasteiger partial charge in [-0.15, -0.1) is 0 Å². The average molecular weight is 260 g/mol. The molecule has 1 aromatic rings. The van der Waals surface area contributed by atoms with Crippen molar-refractivity contribution in [2.45, 2.75) is 0 Å². The Morgan fingerprint density at radius 1 is 1.50 bits per heavy atom. The van der Waals surface area contributed by atoms with Crippen LogP contribution < -0.4 is 10.1 Å². The van der Waals surface area contributed by atoms with Crippen molar-refractivity contribution in [3.63, 3.8) is 0 Å². The fraction of sp³-hybridized carbons (Fsp3) is 0.222. The number of carbonyl (C=O) groups is 1. The maximum atomic E-state index is 13.5. The molecule has 1 aliphatic rings. The molecule has 1 aromatic carbocycles. The normalized spacial score (nSPS) is 15.1. The van der Waals surface area contributed by atoms with Crippen molar-refractivity contribution in [3.05, 3.63) is 28.0 Å². The molecule has 0 aromatic heterocycles. The number of hydrogen-bond donors (Lipinski definition) is 1. The summed E-state index contributed by atoms with van der Waals surface area (Å²) in [6, 6.07) is 3.02. The molecule has 0 bridgehead atoms. The van der Waals surface area contributed by atoms with Gasteiger partial charge in [0.2, 0.25) is 0 Å². The summed E-state index contributed by atoms with van der Waals surface area (Å²) in [5.74, 6) is -0.808. The summed E-state index contributed by atoms with van der Waals surface area (Å²) >= 11 is 3.03. The molecule has 74 valence electrons. The van der Waals surface area contributed by atoms with E-state index in [1.807, 2.05) is 0 Å². The first-order valence-corrected chi connectivity index (χ1v) is 4.88. The van der Waals surface area contributed by atoms with Crippen LogP contribution in [0.2, 0.25) is 0 Å². The van der Waals surface area contributed by atoms with E-state index < -0.39 is 5.82 Å². The van der Waals surface area contributed by atoms with Crippen LogP contribution in [0.5, 0.6) is 5.75 Å². The Labute approximate surface area is 88.4 Å². The summed E-state index contributed by atoms with van der Waals surface area (Å²) in [5, 5.41) is 2.60. The van der Waals surface area contributed by atoms with E-state index in [2.05, 4.69) is 21.2 Å². The number of ether oxygens (including phenoxy) is 1. The Morgan fingerprint density at radius 2 is 2.29 bits per heavy atom. The third-order valence-electron chi connectivity index (χ3n) is 1.93. The van der Waals surface area contributed by atoms with Crippen LogP contribution in [-0.4, -0.2) is 19.1 Å². The highest BCUT2D eigenvalue weighted by Gasteiger charge is 2.21. The van der Waals surface area contributed by atoms with E-state index in [1.165, 1.54) is 12.1 Å². The average Bonchev–Trinajstić information content (AvgIpc) is 2.35. The number of carbonyl (C=O) groups excluding carboxylic acids is 1. The van der Waals surface area contributed by atoms with Gasteiger partial charge < -0.3 is 10.1 Å². The van der Waals surface area contributed by atoms with Crippen LogP contribution in [0.4, 0.5) is 4.39 Å². The number of fused-ring (bicyclic) bond motifs is 1. The predicted molar refractivity (Wildman–Crippen MR) is 51.9 cm³/mol. The monoisotopic (exact) mass is 259 g/mol. The first kappa shape index (κ1) is 9.45. The fourth-order valence-electron chi connectivity index (χ4n) is 1.26. The van der Waals surface area contributed by atoms with E-state index in [0.717, 1.165) is 0 Å². The van der Waals surface area contributed by atoms with Gasteiger partial charge in [-0.1, -0.05) is 0 Å². The van der Waals surface area contributed by atoms with Gasteiger partial charge in [0.1, 0.15) is 6.61 Å². The SMILES string of the molecule is O=C1NCCOc2c1ccc(Br)c2F. The summed E-state index contributed by atoms with van der Waals surface area (Å²) in [6.07, 6.45) is 0. The molecule has 2 rings (SSSR count). The summed E-state index contributed by atoms with van der Waals surface area (Å²) in [4.78, 5) is 11.4. The lowest BCUT2D eigenvalue weighted by atomic mass is 10.2. The number of benzene rings is 1. The van der Waals surface area contributed by atoms with Gasteiger partial charge in [0.05, 0.1) is 16.6 Å². The largest absolute Gasteiger partial charge is 0.488 e. The quantitative estimate of drug-likeness (QED) is 0.771. The molecule has 0 atom stereocenters. The minimum absolute atomic E-state index is 0.0226. The number of halogens is 2. The van der Waals surface area contributed by atoms with E-state index in [0.29, 0.717) is 11.0 Å². The van der Waals surface area contributed by atoms with Crippen molar-refractivity contribution in [1.29, 1.82) is 0 Å². The van der Waals surface area contributed by atoms with Gasteiger partial charge in [-0.25, -0.2) is 4.39 Å². The van der Waals surface area contributed by atoms with Gasteiger partial charge in [0.15, 0.2) is 11.6 Å². The van der Waals surface area contributed by atoms with Crippen LogP contribution in [0.15, 0.2) is 16.6 Å². The summed E-state index contributed by atoms with van der Waals surface area (Å²) < 4.78 is 18.9. The standard InChI is InChI=1S/C9H7BrFNO2/c10-6-2-1-5-8(7(6)11)14-4-3-12-9(5)13/h1-2H,3-4H2,(H,12,13). The van der Waals surface area contributed by atoms with Crippen LogP contribution in [0.1, 0.15) is 10.4 Å². The molecule has 5 heteroatoms. The van der Waals surface area contributed by atoms with Crippen LogP contribution in [-0.2, 0) is 0 Å². The zero-order chi connectivity index (χ0) is 10.1. The molecule has 14 heavy (non-hydrogen) atoms. The van der Waals surface area contributed by atoms with Crippen molar-refractivity contribution in [2.24, 2.45) is 0 Å². The highest BCUT2D eigenvalue weighted by Crippen LogP contribution is 2.29. The van der Waals surface area contributed by atoms with Gasteiger partial charge in [-0.3, -0.25) is 4.79 Å². The third kappa shape index (κ3) is 1.48. The molecule has 1 amide bonds. The molecule has 0 fully saturated rings. The van der Waals surface area contributed by atoms with Gasteiger partial charge >= 0.3 is 0 Å². The second-order valence-corrected chi connectivity index (χ2v) is 3.70. The second kappa shape index (κ2) is 3.57. The van der Waals surface area contributed by atoms with Crippen molar-refractivity contribution in [2.75, 3.05) is 13.2 Å². The fourth-order valence-corrected chi connectivity index (χ4v) is 1.58. The summed E-state index contributed by atoms with van der Waals surface area (Å²) in [6.45, 7) is 0.677. The van der Waals surface area contributed by atoms with Crippen LogP contribution >= 0.6 is 15.9 Å². The Kier molecular flexibility index (Phi) is 2.41. The molecular weight excluding hydrogens is 253 g/mol. The Bertz CT molecular complexity index is 395. The van der Waals surface area contributed by atoms with Crippen LogP contribution in [0, 0.1) is 5.82 Å². The molecule has 0 saturated carbocycles. The van der Waals surface area contributed by atoms with E-state index in [9.17, 15) is 9.18 Å². The Morgan fingerprint density at radius 3 is 3.07 bits per heavy atom. The zero-order valence-electron chi connectivity index (χ0n) is 7.14. The van der Waals surface area contributed by atoms with E-state index in [4.69, 9.17) is 4.74 Å². The number of hydrogen-bond acceptors (Lipinski definition) is 2. The van der Waals surface area contributed by atoms with Gasteiger partial charge in [0, 0.05) is 0 Å². The molecule has 3 nitrogen and oxygen atoms in total. The number of rotatable bonds is 0. The lowest BCUT2D eigenvalue weighted by Gasteiger charge is -2.06. The first-order chi connectivity index (χ1) is 6.70. The third-order valence-corrected chi connectivity index (χ3v) is 2.54. The van der Waals surface area contributed by atoms with Gasteiger partial charge in [0.25, 0.3) is 5.91 Å². The summed E-state index contributed by atoms with van der Waals surface area (Å²) in [7, 11) is 0. The molecule has 1 aliphatic heterocycles. The van der Waals surface area contributed by atoms with Gasteiger partial charge in [-0.05, 0) is 28.1 Å². The highest BCUT2D eigenvalue weighted by molar-refractivity contribution is 9.10. The van der Waals surface area contributed by atoms with E-state index in [1.54, 1.807) is 0 Å². The Hall–Kier alpha value is -1.10. The Balaban J connectivity index is 2.58. The maximum absolute atomic E-state index is 13.5. The lowest BCUT2D eigenvalue weighted by molar-refractivity contribution is 0.0957. The molecule has 0 aliphatic carbocycles. The smallest absolute Gasteiger partial charge is 0.255 e. The van der Waals surface area contributed by atoms with Crippen LogP contribution in [0.3, 0.4) is 0 Å². The van der Waals surface area contributed by atoms with Gasteiger partial charge in [-0.2, -0.15) is 0 Å². The van der Waals surface area contributed by atoms with Crippen molar-refractivity contribution < 1.29 is 13.9 Å². The van der Waals surface area contributed by atoms with Crippen molar-refractivity contribution >= 4 is 21.8 Å². The molecule has 0 unspecified atom stereocenters. The molecule has 0 saturated heterocycles. The first-order valence-electron chi connectivity index (χ1n) is 4.09.